The number of aromatic nitrogens is 4. The Labute approximate surface area is 118 Å². The van der Waals surface area contributed by atoms with Gasteiger partial charge in [-0.3, -0.25) is 0 Å². The molecular weight excluding hydrogens is 250 g/mol. The summed E-state index contributed by atoms with van der Waals surface area (Å²) < 4.78 is 1.82. The molecule has 2 aromatic rings. The van der Waals surface area contributed by atoms with E-state index in [1.54, 1.807) is 0 Å². The van der Waals surface area contributed by atoms with Gasteiger partial charge in [0.2, 0.25) is 0 Å². The van der Waals surface area contributed by atoms with Crippen LogP contribution in [0.1, 0.15) is 31.5 Å². The van der Waals surface area contributed by atoms with Crippen LogP contribution in [0, 0.1) is 11.8 Å². The topological polar surface area (TPSA) is 55.6 Å². The minimum absolute atomic E-state index is 0.677. The summed E-state index contributed by atoms with van der Waals surface area (Å²) >= 11 is 0. The van der Waals surface area contributed by atoms with Crippen LogP contribution in [0.4, 0.5) is 0 Å². The molecule has 0 amide bonds. The summed E-state index contributed by atoms with van der Waals surface area (Å²) in [6.07, 6.45) is 5.55. The van der Waals surface area contributed by atoms with E-state index in [1.807, 2.05) is 35.0 Å². The minimum atomic E-state index is 0.677. The summed E-state index contributed by atoms with van der Waals surface area (Å²) in [5.41, 5.74) is 1.02. The van der Waals surface area contributed by atoms with E-state index < -0.39 is 0 Å². The highest BCUT2D eigenvalue weighted by molar-refractivity contribution is 5.30. The number of hydrogen-bond donors (Lipinski definition) is 1. The summed E-state index contributed by atoms with van der Waals surface area (Å²) in [5, 5.41) is 15.8. The van der Waals surface area contributed by atoms with E-state index in [9.17, 15) is 0 Å². The van der Waals surface area contributed by atoms with E-state index in [0.717, 1.165) is 29.9 Å². The fourth-order valence-corrected chi connectivity index (χ4v) is 2.92. The van der Waals surface area contributed by atoms with Crippen LogP contribution < -0.4 is 5.32 Å². The van der Waals surface area contributed by atoms with E-state index in [2.05, 4.69) is 20.8 Å². The van der Waals surface area contributed by atoms with Crippen molar-refractivity contribution in [3.63, 3.8) is 0 Å². The Bertz CT molecular complexity index is 559. The molecule has 4 rings (SSSR count). The largest absolute Gasteiger partial charge is 0.306 e. The maximum Gasteiger partial charge on any atom is 0.170 e. The van der Waals surface area contributed by atoms with Crippen molar-refractivity contribution in [1.82, 2.24) is 25.5 Å². The molecule has 104 valence electrons. The van der Waals surface area contributed by atoms with Crippen molar-refractivity contribution < 1.29 is 0 Å². The Balaban J connectivity index is 1.48. The van der Waals surface area contributed by atoms with Crippen LogP contribution in [-0.2, 0) is 6.54 Å². The third-order valence-corrected chi connectivity index (χ3v) is 4.29. The summed E-state index contributed by atoms with van der Waals surface area (Å²) in [6.45, 7) is 0.750. The lowest BCUT2D eigenvalue weighted by Crippen LogP contribution is -2.33. The number of para-hydroxylation sites is 1. The molecule has 0 aliphatic heterocycles. The molecule has 0 atom stereocenters. The lowest BCUT2D eigenvalue weighted by atomic mass is 10.1. The smallest absolute Gasteiger partial charge is 0.170 e. The average Bonchev–Trinajstić information content (AvgIpc) is 3.40. The Kier molecular flexibility index (Phi) is 2.99. The van der Waals surface area contributed by atoms with Crippen molar-refractivity contribution in [3.8, 4) is 5.69 Å². The fourth-order valence-electron chi connectivity index (χ4n) is 2.92. The number of nitrogens with one attached hydrogen (secondary N) is 1. The third-order valence-electron chi connectivity index (χ3n) is 4.29. The molecule has 0 saturated heterocycles. The highest BCUT2D eigenvalue weighted by atomic mass is 15.5. The van der Waals surface area contributed by atoms with Crippen LogP contribution in [0.3, 0.4) is 0 Å². The SMILES string of the molecule is c1ccc(-n2nnnc2CNC(C2CC2)C2CC2)cc1. The summed E-state index contributed by atoms with van der Waals surface area (Å²) in [5.74, 6) is 2.68. The monoisotopic (exact) mass is 269 g/mol. The first-order chi connectivity index (χ1) is 9.92. The molecule has 0 spiro atoms. The molecule has 1 N–H and O–H groups in total. The zero-order valence-electron chi connectivity index (χ0n) is 11.4. The number of hydrogen-bond acceptors (Lipinski definition) is 4. The second-order valence-electron chi connectivity index (χ2n) is 5.92. The highest BCUT2D eigenvalue weighted by Crippen LogP contribution is 2.44. The molecule has 5 nitrogen and oxygen atoms in total. The molecule has 2 saturated carbocycles. The molecule has 0 bridgehead atoms. The van der Waals surface area contributed by atoms with Crippen LogP contribution in [-0.4, -0.2) is 26.2 Å². The van der Waals surface area contributed by atoms with Gasteiger partial charge < -0.3 is 5.32 Å². The number of benzene rings is 1. The van der Waals surface area contributed by atoms with Gasteiger partial charge in [-0.25, -0.2) is 0 Å². The molecule has 0 radical (unpaired) electrons. The van der Waals surface area contributed by atoms with E-state index in [1.165, 1.54) is 25.7 Å². The maximum atomic E-state index is 4.16. The van der Waals surface area contributed by atoms with E-state index in [-0.39, 0.29) is 0 Å². The average molecular weight is 269 g/mol. The van der Waals surface area contributed by atoms with Crippen molar-refractivity contribution in [2.75, 3.05) is 0 Å². The van der Waals surface area contributed by atoms with Gasteiger partial charge in [0, 0.05) is 6.04 Å². The van der Waals surface area contributed by atoms with Crippen molar-refractivity contribution in [1.29, 1.82) is 0 Å². The third kappa shape index (κ3) is 2.45. The molecule has 2 aliphatic rings. The summed E-state index contributed by atoms with van der Waals surface area (Å²) in [7, 11) is 0. The molecule has 2 fully saturated rings. The van der Waals surface area contributed by atoms with Crippen LogP contribution in [0.15, 0.2) is 30.3 Å². The second-order valence-corrected chi connectivity index (χ2v) is 5.92. The van der Waals surface area contributed by atoms with Gasteiger partial charge in [0.15, 0.2) is 5.82 Å². The normalized spacial score (nSPS) is 18.6. The molecule has 20 heavy (non-hydrogen) atoms. The van der Waals surface area contributed by atoms with Gasteiger partial charge in [-0.15, -0.1) is 5.10 Å². The van der Waals surface area contributed by atoms with Gasteiger partial charge in [0.05, 0.1) is 12.2 Å². The number of tetrazole rings is 1. The zero-order chi connectivity index (χ0) is 13.4. The Hall–Kier alpha value is -1.75. The quantitative estimate of drug-likeness (QED) is 0.870. The Morgan fingerprint density at radius 2 is 1.80 bits per heavy atom. The predicted molar refractivity (Wildman–Crippen MR) is 75.2 cm³/mol. The van der Waals surface area contributed by atoms with E-state index in [0.29, 0.717) is 6.04 Å². The first kappa shape index (κ1) is 12.0. The lowest BCUT2D eigenvalue weighted by molar-refractivity contribution is 0.408. The van der Waals surface area contributed by atoms with Crippen LogP contribution in [0.25, 0.3) is 5.69 Å². The zero-order valence-corrected chi connectivity index (χ0v) is 11.4. The summed E-state index contributed by atoms with van der Waals surface area (Å²) in [6, 6.07) is 10.7. The molecule has 1 aromatic carbocycles. The highest BCUT2D eigenvalue weighted by Gasteiger charge is 2.41. The summed E-state index contributed by atoms with van der Waals surface area (Å²) in [4.78, 5) is 0. The van der Waals surface area contributed by atoms with Gasteiger partial charge >= 0.3 is 0 Å². The fraction of sp³-hybridized carbons (Fsp3) is 0.533. The van der Waals surface area contributed by atoms with Crippen LogP contribution in [0.2, 0.25) is 0 Å². The van der Waals surface area contributed by atoms with Gasteiger partial charge in [0.1, 0.15) is 0 Å². The van der Waals surface area contributed by atoms with Gasteiger partial charge in [0.25, 0.3) is 0 Å². The molecule has 5 heteroatoms. The van der Waals surface area contributed by atoms with Gasteiger partial charge in [-0.1, -0.05) is 18.2 Å². The molecule has 1 aromatic heterocycles. The van der Waals surface area contributed by atoms with E-state index >= 15 is 0 Å². The van der Waals surface area contributed by atoms with Crippen LogP contribution >= 0.6 is 0 Å². The standard InChI is InChI=1S/C15H19N5/c1-2-4-13(5-3-1)20-14(17-18-19-20)10-16-15(11-6-7-11)12-8-9-12/h1-5,11-12,15-16H,6-10H2. The molecule has 2 aliphatic carbocycles. The first-order valence-electron chi connectivity index (χ1n) is 7.48. The first-order valence-corrected chi connectivity index (χ1v) is 7.48. The van der Waals surface area contributed by atoms with Gasteiger partial charge in [-0.05, 0) is 60.1 Å². The van der Waals surface area contributed by atoms with Crippen molar-refractivity contribution in [2.45, 2.75) is 38.3 Å². The lowest BCUT2D eigenvalue weighted by Gasteiger charge is -2.17. The minimum Gasteiger partial charge on any atom is -0.306 e. The Morgan fingerprint density at radius 1 is 1.10 bits per heavy atom. The van der Waals surface area contributed by atoms with Crippen molar-refractivity contribution in [3.05, 3.63) is 36.2 Å². The van der Waals surface area contributed by atoms with Gasteiger partial charge in [-0.2, -0.15) is 4.68 Å². The number of nitrogens with zero attached hydrogens (tertiary/aromatic N) is 4. The van der Waals surface area contributed by atoms with Crippen LogP contribution in [0.5, 0.6) is 0 Å². The molecular formula is C15H19N5. The Morgan fingerprint density at radius 3 is 2.45 bits per heavy atom. The van der Waals surface area contributed by atoms with Crippen molar-refractivity contribution in [2.24, 2.45) is 11.8 Å². The number of rotatable bonds is 6. The van der Waals surface area contributed by atoms with Crippen molar-refractivity contribution >= 4 is 0 Å². The predicted octanol–water partition coefficient (Wildman–Crippen LogP) is 1.94. The second kappa shape index (κ2) is 4.98. The molecule has 1 heterocycles. The molecule has 0 unspecified atom stereocenters. The maximum absolute atomic E-state index is 4.16. The van der Waals surface area contributed by atoms with E-state index in [4.69, 9.17) is 0 Å².